The van der Waals surface area contributed by atoms with E-state index in [4.69, 9.17) is 11.6 Å². The van der Waals surface area contributed by atoms with E-state index in [-0.39, 0.29) is 0 Å². The number of benzene rings is 1. The Morgan fingerprint density at radius 2 is 1.95 bits per heavy atom. The molecule has 1 atom stereocenters. The maximum Gasteiger partial charge on any atom is 0.0406 e. The van der Waals surface area contributed by atoms with Crippen LogP contribution < -0.4 is 5.32 Å². The van der Waals surface area contributed by atoms with E-state index < -0.39 is 0 Å². The molecule has 1 N–H and O–H groups in total. The Kier molecular flexibility index (Phi) is 4.34. The van der Waals surface area contributed by atoms with Crippen LogP contribution in [0.5, 0.6) is 0 Å². The molecule has 2 fully saturated rings. The van der Waals surface area contributed by atoms with Crippen molar-refractivity contribution in [3.05, 3.63) is 34.9 Å². The number of nitrogens with one attached hydrogen (secondary N) is 1. The average molecular weight is 293 g/mol. The van der Waals surface area contributed by atoms with Gasteiger partial charge < -0.3 is 5.32 Å². The monoisotopic (exact) mass is 292 g/mol. The minimum atomic E-state index is 0.423. The normalized spacial score (nSPS) is 26.2. The van der Waals surface area contributed by atoms with Crippen molar-refractivity contribution >= 4 is 11.6 Å². The van der Waals surface area contributed by atoms with Crippen LogP contribution in [0.1, 0.15) is 38.2 Å². The Hall–Kier alpha value is -0.570. The van der Waals surface area contributed by atoms with Crippen molar-refractivity contribution < 1.29 is 0 Å². The second kappa shape index (κ2) is 6.05. The molecule has 1 unspecified atom stereocenters. The molecule has 1 aliphatic heterocycles. The van der Waals surface area contributed by atoms with Crippen LogP contribution in [-0.4, -0.2) is 36.1 Å². The summed E-state index contributed by atoms with van der Waals surface area (Å²) in [6.07, 6.45) is 6.63. The van der Waals surface area contributed by atoms with Gasteiger partial charge in [-0.1, -0.05) is 36.6 Å². The molecule has 20 heavy (non-hydrogen) atoms. The van der Waals surface area contributed by atoms with Gasteiger partial charge >= 0.3 is 0 Å². The molecule has 2 aliphatic rings. The van der Waals surface area contributed by atoms with E-state index in [9.17, 15) is 0 Å². The van der Waals surface area contributed by atoms with Gasteiger partial charge in [-0.25, -0.2) is 0 Å². The molecule has 1 saturated heterocycles. The molecular weight excluding hydrogens is 268 g/mol. The zero-order valence-electron chi connectivity index (χ0n) is 12.4. The van der Waals surface area contributed by atoms with E-state index in [1.165, 1.54) is 37.8 Å². The van der Waals surface area contributed by atoms with Gasteiger partial charge in [0.05, 0.1) is 0 Å². The van der Waals surface area contributed by atoms with Crippen molar-refractivity contribution in [2.24, 2.45) is 0 Å². The molecule has 1 spiro atoms. The zero-order valence-corrected chi connectivity index (χ0v) is 13.1. The Balaban J connectivity index is 1.59. The number of hydrogen-bond acceptors (Lipinski definition) is 2. The molecular formula is C17H25ClN2. The molecule has 1 heterocycles. The Morgan fingerprint density at radius 3 is 2.65 bits per heavy atom. The summed E-state index contributed by atoms with van der Waals surface area (Å²) in [4.78, 5) is 2.68. The van der Waals surface area contributed by atoms with Crippen molar-refractivity contribution in [1.29, 1.82) is 0 Å². The fourth-order valence-corrected chi connectivity index (χ4v) is 3.83. The van der Waals surface area contributed by atoms with Gasteiger partial charge in [0.1, 0.15) is 0 Å². The van der Waals surface area contributed by atoms with Crippen molar-refractivity contribution in [3.63, 3.8) is 0 Å². The summed E-state index contributed by atoms with van der Waals surface area (Å²) in [6.45, 7) is 5.87. The van der Waals surface area contributed by atoms with Gasteiger partial charge in [-0.15, -0.1) is 0 Å². The van der Waals surface area contributed by atoms with Gasteiger partial charge in [-0.2, -0.15) is 0 Å². The predicted octanol–water partition coefficient (Wildman–Crippen LogP) is 3.49. The first-order valence-electron chi connectivity index (χ1n) is 7.90. The summed E-state index contributed by atoms with van der Waals surface area (Å²) >= 11 is 5.95. The van der Waals surface area contributed by atoms with Gasteiger partial charge in [0.15, 0.2) is 0 Å². The molecule has 3 heteroatoms. The number of halogens is 1. The summed E-state index contributed by atoms with van der Waals surface area (Å²) in [5.41, 5.74) is 1.81. The lowest BCUT2D eigenvalue weighted by atomic mass is 9.92. The summed E-state index contributed by atoms with van der Waals surface area (Å²) < 4.78 is 0. The van der Waals surface area contributed by atoms with Gasteiger partial charge in [-0.05, 0) is 43.9 Å². The summed E-state index contributed by atoms with van der Waals surface area (Å²) in [5.74, 6) is 0. The fourth-order valence-electron chi connectivity index (χ4n) is 3.70. The maximum absolute atomic E-state index is 5.95. The van der Waals surface area contributed by atoms with E-state index in [1.54, 1.807) is 0 Å². The Bertz CT molecular complexity index is 437. The van der Waals surface area contributed by atoms with E-state index in [0.29, 0.717) is 11.6 Å². The van der Waals surface area contributed by atoms with Crippen LogP contribution in [-0.2, 0) is 6.42 Å². The SMILES string of the molecule is CC1CNC2(CCCC2)CN1CCc1ccc(Cl)cc1. The maximum atomic E-state index is 5.95. The zero-order chi connectivity index (χ0) is 14.0. The van der Waals surface area contributed by atoms with Gasteiger partial charge in [0.25, 0.3) is 0 Å². The summed E-state index contributed by atoms with van der Waals surface area (Å²) in [6, 6.07) is 8.95. The standard InChI is InChI=1S/C17H25ClN2/c1-14-12-19-17(9-2-3-10-17)13-20(14)11-8-15-4-6-16(18)7-5-15/h4-7,14,19H,2-3,8-13H2,1H3. The van der Waals surface area contributed by atoms with Crippen LogP contribution in [0, 0.1) is 0 Å². The highest BCUT2D eigenvalue weighted by atomic mass is 35.5. The van der Waals surface area contributed by atoms with Crippen molar-refractivity contribution in [3.8, 4) is 0 Å². The molecule has 2 nitrogen and oxygen atoms in total. The lowest BCUT2D eigenvalue weighted by molar-refractivity contribution is 0.0903. The van der Waals surface area contributed by atoms with Crippen LogP contribution in [0.25, 0.3) is 0 Å². The largest absolute Gasteiger partial charge is 0.308 e. The minimum Gasteiger partial charge on any atom is -0.308 e. The first kappa shape index (κ1) is 14.4. The molecule has 1 aliphatic carbocycles. The number of piperazine rings is 1. The van der Waals surface area contributed by atoms with Crippen LogP contribution in [0.3, 0.4) is 0 Å². The third kappa shape index (κ3) is 3.19. The van der Waals surface area contributed by atoms with E-state index in [0.717, 1.165) is 24.5 Å². The molecule has 110 valence electrons. The average Bonchev–Trinajstić information content (AvgIpc) is 2.90. The number of nitrogens with zero attached hydrogens (tertiary/aromatic N) is 1. The Morgan fingerprint density at radius 1 is 1.25 bits per heavy atom. The van der Waals surface area contributed by atoms with Crippen LogP contribution in [0.15, 0.2) is 24.3 Å². The molecule has 1 saturated carbocycles. The third-order valence-electron chi connectivity index (χ3n) is 5.06. The summed E-state index contributed by atoms with van der Waals surface area (Å²) in [5, 5.41) is 4.65. The van der Waals surface area contributed by atoms with Crippen LogP contribution in [0.2, 0.25) is 5.02 Å². The summed E-state index contributed by atoms with van der Waals surface area (Å²) in [7, 11) is 0. The third-order valence-corrected chi connectivity index (χ3v) is 5.32. The van der Waals surface area contributed by atoms with Crippen molar-refractivity contribution in [1.82, 2.24) is 10.2 Å². The van der Waals surface area contributed by atoms with Crippen LogP contribution in [0.4, 0.5) is 0 Å². The van der Waals surface area contributed by atoms with Crippen LogP contribution >= 0.6 is 11.6 Å². The molecule has 1 aromatic rings. The molecule has 3 rings (SSSR count). The highest BCUT2D eigenvalue weighted by Gasteiger charge is 2.39. The van der Waals surface area contributed by atoms with Crippen molar-refractivity contribution in [2.45, 2.75) is 50.6 Å². The molecule has 0 bridgehead atoms. The number of hydrogen-bond donors (Lipinski definition) is 1. The van der Waals surface area contributed by atoms with Gasteiger partial charge in [-0.3, -0.25) is 4.90 Å². The smallest absolute Gasteiger partial charge is 0.0406 e. The van der Waals surface area contributed by atoms with Crippen molar-refractivity contribution in [2.75, 3.05) is 19.6 Å². The van der Waals surface area contributed by atoms with E-state index in [1.807, 2.05) is 12.1 Å². The second-order valence-electron chi connectivity index (χ2n) is 6.56. The minimum absolute atomic E-state index is 0.423. The fraction of sp³-hybridized carbons (Fsp3) is 0.647. The highest BCUT2D eigenvalue weighted by Crippen LogP contribution is 2.33. The quantitative estimate of drug-likeness (QED) is 0.917. The van der Waals surface area contributed by atoms with E-state index in [2.05, 4.69) is 29.3 Å². The molecule has 1 aromatic carbocycles. The lowest BCUT2D eigenvalue weighted by Crippen LogP contribution is -2.62. The molecule has 0 radical (unpaired) electrons. The van der Waals surface area contributed by atoms with Gasteiger partial charge in [0, 0.05) is 36.2 Å². The predicted molar refractivity (Wildman–Crippen MR) is 85.4 cm³/mol. The lowest BCUT2D eigenvalue weighted by Gasteiger charge is -2.45. The number of rotatable bonds is 3. The van der Waals surface area contributed by atoms with Gasteiger partial charge in [0.2, 0.25) is 0 Å². The molecule has 0 amide bonds. The second-order valence-corrected chi connectivity index (χ2v) is 7.00. The molecule has 0 aromatic heterocycles. The van der Waals surface area contributed by atoms with E-state index >= 15 is 0 Å². The highest BCUT2D eigenvalue weighted by molar-refractivity contribution is 6.30. The first-order valence-corrected chi connectivity index (χ1v) is 8.28. The topological polar surface area (TPSA) is 15.3 Å². The Labute approximate surface area is 127 Å². The first-order chi connectivity index (χ1) is 9.67.